The standard InChI is InChI=1S/C60H107NO5/c1-4-7-10-13-16-19-22-25-28-30-32-35-38-41-44-47-50-53-60(65)66-56(51-48-45-42-39-36-33-31-29-26-23-20-17-14-11-8-5-2)54-59(64)61-57(55-62)58(63)52-49-46-43-40-37-34-27-24-21-18-15-12-9-6-3/h7,10,13,16,19,22,25,28,30,32,35,38,56-58,62-63H,4-6,8-9,11-12,14-15,17-18,20-21,23-24,26-27,29,31,33-34,36-37,39-55H2,1-3H3,(H,61,64)/b10-7-,16-13+,22-19+,28-25-,32-30+,38-35+. The number of allylic oxidation sites excluding steroid dienone is 12. The minimum Gasteiger partial charge on any atom is -0.462 e. The maximum absolute atomic E-state index is 13.3. The van der Waals surface area contributed by atoms with E-state index in [1.165, 1.54) is 154 Å². The molecule has 0 fully saturated rings. The van der Waals surface area contributed by atoms with Gasteiger partial charge in [-0.25, -0.2) is 0 Å². The van der Waals surface area contributed by atoms with Gasteiger partial charge >= 0.3 is 5.97 Å². The normalized spacial score (nSPS) is 13.7. The Bertz CT molecular complexity index is 1220. The molecule has 1 amide bonds. The van der Waals surface area contributed by atoms with E-state index in [4.69, 9.17) is 4.74 Å². The van der Waals surface area contributed by atoms with E-state index < -0.39 is 18.2 Å². The van der Waals surface area contributed by atoms with Crippen LogP contribution in [-0.2, 0) is 14.3 Å². The molecule has 3 unspecified atom stereocenters. The van der Waals surface area contributed by atoms with Gasteiger partial charge < -0.3 is 20.3 Å². The summed E-state index contributed by atoms with van der Waals surface area (Å²) in [6.07, 6.45) is 68.2. The molecule has 3 N–H and O–H groups in total. The Balaban J connectivity index is 4.65. The van der Waals surface area contributed by atoms with Gasteiger partial charge in [-0.05, 0) is 44.9 Å². The number of unbranched alkanes of at least 4 members (excludes halogenated alkanes) is 31. The van der Waals surface area contributed by atoms with Gasteiger partial charge in [-0.3, -0.25) is 9.59 Å². The maximum atomic E-state index is 13.3. The molecule has 0 aromatic rings. The topological polar surface area (TPSA) is 95.9 Å². The number of aliphatic hydroxyl groups is 2. The van der Waals surface area contributed by atoms with Crippen molar-refractivity contribution in [3.8, 4) is 0 Å². The molecule has 6 heteroatoms. The lowest BCUT2D eigenvalue weighted by atomic mass is 10.0. The Morgan fingerprint density at radius 2 is 0.818 bits per heavy atom. The fourth-order valence-corrected chi connectivity index (χ4v) is 8.46. The van der Waals surface area contributed by atoms with Gasteiger partial charge in [0.1, 0.15) is 6.10 Å². The summed E-state index contributed by atoms with van der Waals surface area (Å²) in [6, 6.07) is -0.713. The first-order valence-corrected chi connectivity index (χ1v) is 28.2. The van der Waals surface area contributed by atoms with Crippen molar-refractivity contribution in [3.63, 3.8) is 0 Å². The second kappa shape index (κ2) is 53.3. The SMILES string of the molecule is CC\C=C/C=C/C=C/C=C\C=C\C=C\CCCCCC(=O)OC(CCCCCCCCCCCCCCCCCC)CC(=O)NC(CO)C(O)CCCCCCCCCCCCCCCC. The van der Waals surface area contributed by atoms with Crippen molar-refractivity contribution >= 4 is 11.9 Å². The maximum Gasteiger partial charge on any atom is 0.306 e. The third-order valence-corrected chi connectivity index (χ3v) is 12.7. The highest BCUT2D eigenvalue weighted by Gasteiger charge is 2.24. The van der Waals surface area contributed by atoms with Crippen LogP contribution in [0.3, 0.4) is 0 Å². The van der Waals surface area contributed by atoms with Gasteiger partial charge in [-0.15, -0.1) is 0 Å². The molecule has 66 heavy (non-hydrogen) atoms. The highest BCUT2D eigenvalue weighted by atomic mass is 16.5. The fraction of sp³-hybridized carbons (Fsp3) is 0.767. The van der Waals surface area contributed by atoms with Crippen LogP contribution in [0, 0.1) is 0 Å². The summed E-state index contributed by atoms with van der Waals surface area (Å²) >= 11 is 0. The molecule has 0 rings (SSSR count). The molecule has 0 aliphatic carbocycles. The zero-order chi connectivity index (χ0) is 48.1. The molecule has 0 aliphatic rings. The van der Waals surface area contributed by atoms with Crippen LogP contribution in [0.25, 0.3) is 0 Å². The van der Waals surface area contributed by atoms with Gasteiger partial charge in [0.15, 0.2) is 0 Å². The van der Waals surface area contributed by atoms with Crippen LogP contribution in [0.5, 0.6) is 0 Å². The summed E-state index contributed by atoms with van der Waals surface area (Å²) in [4.78, 5) is 26.3. The zero-order valence-corrected chi connectivity index (χ0v) is 43.6. The summed E-state index contributed by atoms with van der Waals surface area (Å²) in [6.45, 7) is 6.35. The molecule has 0 aromatic heterocycles. The summed E-state index contributed by atoms with van der Waals surface area (Å²) < 4.78 is 5.94. The number of hydrogen-bond acceptors (Lipinski definition) is 5. The largest absolute Gasteiger partial charge is 0.462 e. The Kier molecular flexibility index (Phi) is 51.1. The van der Waals surface area contributed by atoms with Gasteiger partial charge in [0, 0.05) is 6.42 Å². The van der Waals surface area contributed by atoms with E-state index >= 15 is 0 Å². The van der Waals surface area contributed by atoms with Crippen LogP contribution in [0.1, 0.15) is 271 Å². The number of aliphatic hydroxyl groups excluding tert-OH is 2. The van der Waals surface area contributed by atoms with E-state index in [0.717, 1.165) is 70.6 Å². The summed E-state index contributed by atoms with van der Waals surface area (Å²) in [5.41, 5.74) is 0. The van der Waals surface area contributed by atoms with E-state index in [9.17, 15) is 19.8 Å². The van der Waals surface area contributed by atoms with E-state index in [-0.39, 0.29) is 24.9 Å². The van der Waals surface area contributed by atoms with Gasteiger partial charge in [-0.2, -0.15) is 0 Å². The van der Waals surface area contributed by atoms with Crippen molar-refractivity contribution in [2.45, 2.75) is 289 Å². The van der Waals surface area contributed by atoms with Crippen LogP contribution in [0.15, 0.2) is 72.9 Å². The van der Waals surface area contributed by atoms with E-state index in [2.05, 4.69) is 50.4 Å². The van der Waals surface area contributed by atoms with Gasteiger partial charge in [0.05, 0.1) is 25.2 Å². The quantitative estimate of drug-likeness (QED) is 0.0321. The number of rotatable bonds is 50. The number of amides is 1. The molecule has 3 atom stereocenters. The molecule has 0 saturated heterocycles. The Hall–Kier alpha value is -2.70. The molecular formula is C60H107NO5. The zero-order valence-electron chi connectivity index (χ0n) is 43.6. The van der Waals surface area contributed by atoms with Crippen molar-refractivity contribution < 1.29 is 24.5 Å². The minimum absolute atomic E-state index is 0.0596. The molecule has 0 bridgehead atoms. The summed E-state index contributed by atoms with van der Waals surface area (Å²) in [7, 11) is 0. The predicted molar refractivity (Wildman–Crippen MR) is 287 cm³/mol. The van der Waals surface area contributed by atoms with Gasteiger partial charge in [0.2, 0.25) is 5.91 Å². The van der Waals surface area contributed by atoms with Crippen LogP contribution < -0.4 is 5.32 Å². The summed E-state index contributed by atoms with van der Waals surface area (Å²) in [5, 5.41) is 23.9. The van der Waals surface area contributed by atoms with Crippen LogP contribution in [0.2, 0.25) is 0 Å². The molecule has 0 spiro atoms. The third-order valence-electron chi connectivity index (χ3n) is 12.7. The number of carbonyl (C=O) groups is 2. The first kappa shape index (κ1) is 63.3. The Labute approximate surface area is 409 Å². The number of carbonyl (C=O) groups excluding carboxylic acids is 2. The highest BCUT2D eigenvalue weighted by Crippen LogP contribution is 2.18. The first-order valence-electron chi connectivity index (χ1n) is 28.2. The average Bonchev–Trinajstić information content (AvgIpc) is 3.31. The Morgan fingerprint density at radius 1 is 0.455 bits per heavy atom. The number of hydrogen-bond donors (Lipinski definition) is 3. The monoisotopic (exact) mass is 922 g/mol. The van der Waals surface area contributed by atoms with Crippen molar-refractivity contribution in [1.82, 2.24) is 5.32 Å². The molecule has 0 aliphatic heterocycles. The second-order valence-corrected chi connectivity index (χ2v) is 19.1. The summed E-state index contributed by atoms with van der Waals surface area (Å²) in [5.74, 6) is -0.517. The lowest BCUT2D eigenvalue weighted by Gasteiger charge is -2.24. The van der Waals surface area contributed by atoms with Crippen LogP contribution >= 0.6 is 0 Å². The van der Waals surface area contributed by atoms with Gasteiger partial charge in [-0.1, -0.05) is 286 Å². The van der Waals surface area contributed by atoms with E-state index in [0.29, 0.717) is 19.3 Å². The number of nitrogens with one attached hydrogen (secondary N) is 1. The van der Waals surface area contributed by atoms with Crippen LogP contribution in [0.4, 0.5) is 0 Å². The fourth-order valence-electron chi connectivity index (χ4n) is 8.46. The molecule has 0 aromatic carbocycles. The number of esters is 1. The molecular weight excluding hydrogens is 815 g/mol. The first-order chi connectivity index (χ1) is 32.5. The molecule has 6 nitrogen and oxygen atoms in total. The average molecular weight is 923 g/mol. The lowest BCUT2D eigenvalue weighted by Crippen LogP contribution is -2.46. The lowest BCUT2D eigenvalue weighted by molar-refractivity contribution is -0.151. The van der Waals surface area contributed by atoms with Crippen molar-refractivity contribution in [3.05, 3.63) is 72.9 Å². The van der Waals surface area contributed by atoms with E-state index in [1.807, 2.05) is 48.6 Å². The molecule has 0 saturated carbocycles. The molecule has 382 valence electrons. The molecule has 0 heterocycles. The highest BCUT2D eigenvalue weighted by molar-refractivity contribution is 5.77. The van der Waals surface area contributed by atoms with Gasteiger partial charge in [0.25, 0.3) is 0 Å². The van der Waals surface area contributed by atoms with Crippen molar-refractivity contribution in [1.29, 1.82) is 0 Å². The minimum atomic E-state index is -0.798. The second-order valence-electron chi connectivity index (χ2n) is 19.1. The van der Waals surface area contributed by atoms with E-state index in [1.54, 1.807) is 0 Å². The molecule has 0 radical (unpaired) electrons. The number of ether oxygens (including phenoxy) is 1. The van der Waals surface area contributed by atoms with Crippen molar-refractivity contribution in [2.75, 3.05) is 6.61 Å². The smallest absolute Gasteiger partial charge is 0.306 e. The predicted octanol–water partition coefficient (Wildman–Crippen LogP) is 17.3. The Morgan fingerprint density at radius 3 is 1.23 bits per heavy atom. The third kappa shape index (κ3) is 47.8. The van der Waals surface area contributed by atoms with Crippen LogP contribution in [-0.4, -0.2) is 46.9 Å². The van der Waals surface area contributed by atoms with Crippen molar-refractivity contribution in [2.24, 2.45) is 0 Å².